The van der Waals surface area contributed by atoms with Gasteiger partial charge in [-0.2, -0.15) is 0 Å². The molecule has 1 atom stereocenters. The molecule has 140 valence electrons. The smallest absolute Gasteiger partial charge is 0.406 e. The molecule has 2 nitrogen and oxygen atoms in total. The first-order chi connectivity index (χ1) is 12.4. The Hall–Kier alpha value is -2.50. The number of rotatable bonds is 3. The molecule has 0 radical (unpaired) electrons. The van der Waals surface area contributed by atoms with Crippen LogP contribution < -0.4 is 10.5 Å². The molecule has 0 amide bonds. The van der Waals surface area contributed by atoms with Gasteiger partial charge in [-0.15, -0.1) is 25.6 Å². The van der Waals surface area contributed by atoms with Crippen molar-refractivity contribution in [1.82, 2.24) is 0 Å². The first-order valence-corrected chi connectivity index (χ1v) is 8.23. The zero-order valence-corrected chi connectivity index (χ0v) is 15.0. The molecule has 0 aromatic heterocycles. The number of hydrogen-bond acceptors (Lipinski definition) is 2. The first-order valence-electron chi connectivity index (χ1n) is 8.23. The second kappa shape index (κ2) is 7.25. The molecule has 2 N–H and O–H groups in total. The highest BCUT2D eigenvalue weighted by Gasteiger charge is 2.31. The molecule has 3 aromatic carbocycles. The Bertz CT molecular complexity index is 954. The average molecular weight is 392 g/mol. The normalized spacial score (nSPS) is 13.3. The van der Waals surface area contributed by atoms with Crippen molar-refractivity contribution >= 4 is 12.4 Å². The number of nitrogens with two attached hydrogens (primary N) is 1. The number of alkyl halides is 3. The Balaban J connectivity index is 0.00000210. The molecule has 1 aliphatic rings. The number of hydrogen-bond donors (Lipinski definition) is 1. The Morgan fingerprint density at radius 2 is 1.44 bits per heavy atom. The Labute approximate surface area is 161 Å². The summed E-state index contributed by atoms with van der Waals surface area (Å²) in [6.45, 7) is 0. The molecule has 0 heterocycles. The molecule has 4 rings (SSSR count). The summed E-state index contributed by atoms with van der Waals surface area (Å²) in [7, 11) is 0. The number of halogens is 4. The second-order valence-electron chi connectivity index (χ2n) is 6.35. The second-order valence-corrected chi connectivity index (χ2v) is 6.35. The van der Waals surface area contributed by atoms with Crippen LogP contribution in [0.5, 0.6) is 5.75 Å². The Morgan fingerprint density at radius 3 is 2.15 bits per heavy atom. The highest BCUT2D eigenvalue weighted by Crippen LogP contribution is 2.38. The quantitative estimate of drug-likeness (QED) is 0.491. The lowest BCUT2D eigenvalue weighted by Crippen LogP contribution is -2.17. The van der Waals surface area contributed by atoms with E-state index in [-0.39, 0.29) is 18.2 Å². The minimum Gasteiger partial charge on any atom is -0.406 e. The lowest BCUT2D eigenvalue weighted by Gasteiger charge is -2.15. The van der Waals surface area contributed by atoms with Crippen LogP contribution in [-0.4, -0.2) is 6.36 Å². The monoisotopic (exact) mass is 391 g/mol. The lowest BCUT2D eigenvalue weighted by molar-refractivity contribution is -0.274. The molecule has 6 heteroatoms. The summed E-state index contributed by atoms with van der Waals surface area (Å²) in [4.78, 5) is 0. The van der Waals surface area contributed by atoms with Gasteiger partial charge in [-0.1, -0.05) is 54.6 Å². The fourth-order valence-electron chi connectivity index (χ4n) is 3.43. The van der Waals surface area contributed by atoms with E-state index in [1.165, 1.54) is 34.4 Å². The zero-order valence-electron chi connectivity index (χ0n) is 14.2. The van der Waals surface area contributed by atoms with Crippen molar-refractivity contribution in [2.75, 3.05) is 0 Å². The third kappa shape index (κ3) is 3.94. The van der Waals surface area contributed by atoms with Crippen LogP contribution in [0.15, 0.2) is 66.7 Å². The van der Waals surface area contributed by atoms with Crippen molar-refractivity contribution in [2.45, 2.75) is 18.8 Å². The number of fused-ring (bicyclic) bond motifs is 3. The molecular weight excluding hydrogens is 375 g/mol. The van der Waals surface area contributed by atoms with Gasteiger partial charge in [-0.25, -0.2) is 0 Å². The van der Waals surface area contributed by atoms with E-state index in [0.29, 0.717) is 0 Å². The number of ether oxygens (including phenoxy) is 1. The maximum atomic E-state index is 12.3. The standard InChI is InChI=1S/C21H16F3NO.ClH/c22-21(23,24)26-17-8-5-13(6-9-17)20(25)15-7-10-19-16(12-15)11-14-3-1-2-4-18(14)19;/h1-10,12,20H,11,25H2;1H/t20-;/m0./s1. The van der Waals surface area contributed by atoms with Crippen LogP contribution in [0.4, 0.5) is 13.2 Å². The third-order valence-electron chi connectivity index (χ3n) is 4.65. The molecular formula is C21H17ClF3NO. The highest BCUT2D eigenvalue weighted by molar-refractivity contribution is 5.85. The van der Waals surface area contributed by atoms with Gasteiger partial charge < -0.3 is 10.5 Å². The largest absolute Gasteiger partial charge is 0.573 e. The predicted molar refractivity (Wildman–Crippen MR) is 101 cm³/mol. The Morgan fingerprint density at radius 1 is 0.815 bits per heavy atom. The van der Waals surface area contributed by atoms with Crippen molar-refractivity contribution in [3.8, 4) is 16.9 Å². The maximum Gasteiger partial charge on any atom is 0.573 e. The van der Waals surface area contributed by atoms with Crippen LogP contribution in [0.2, 0.25) is 0 Å². The Kier molecular flexibility index (Phi) is 5.18. The van der Waals surface area contributed by atoms with E-state index >= 15 is 0 Å². The maximum absolute atomic E-state index is 12.3. The van der Waals surface area contributed by atoms with Crippen molar-refractivity contribution in [1.29, 1.82) is 0 Å². The summed E-state index contributed by atoms with van der Waals surface area (Å²) in [6, 6.07) is 19.7. The van der Waals surface area contributed by atoms with E-state index in [0.717, 1.165) is 17.5 Å². The van der Waals surface area contributed by atoms with E-state index in [4.69, 9.17) is 5.73 Å². The summed E-state index contributed by atoms with van der Waals surface area (Å²) in [5.41, 5.74) is 13.0. The van der Waals surface area contributed by atoms with Crippen LogP contribution in [0, 0.1) is 0 Å². The summed E-state index contributed by atoms with van der Waals surface area (Å²) in [6.07, 6.45) is -3.83. The molecule has 0 fully saturated rings. The van der Waals surface area contributed by atoms with Crippen LogP contribution >= 0.6 is 12.4 Å². The molecule has 0 bridgehead atoms. The zero-order chi connectivity index (χ0) is 18.3. The lowest BCUT2D eigenvalue weighted by atomic mass is 9.95. The van der Waals surface area contributed by atoms with E-state index in [9.17, 15) is 13.2 Å². The van der Waals surface area contributed by atoms with Gasteiger partial charge in [0.1, 0.15) is 5.75 Å². The van der Waals surface area contributed by atoms with Crippen molar-refractivity contribution < 1.29 is 17.9 Å². The van der Waals surface area contributed by atoms with Crippen molar-refractivity contribution in [2.24, 2.45) is 5.73 Å². The third-order valence-corrected chi connectivity index (χ3v) is 4.65. The van der Waals surface area contributed by atoms with Gasteiger partial charge in [0.15, 0.2) is 0 Å². The summed E-state index contributed by atoms with van der Waals surface area (Å²) in [5.74, 6) is -0.252. The molecule has 3 aromatic rings. The van der Waals surface area contributed by atoms with Gasteiger partial charge in [0.05, 0.1) is 6.04 Å². The van der Waals surface area contributed by atoms with Crippen molar-refractivity contribution in [3.05, 3.63) is 89.0 Å². The van der Waals surface area contributed by atoms with Gasteiger partial charge in [-0.05, 0) is 51.9 Å². The summed E-state index contributed by atoms with van der Waals surface area (Å²) in [5, 5.41) is 0. The number of benzene rings is 3. The molecule has 1 aliphatic carbocycles. The van der Waals surface area contributed by atoms with Gasteiger partial charge in [-0.3, -0.25) is 0 Å². The molecule has 0 unspecified atom stereocenters. The van der Waals surface area contributed by atoms with Gasteiger partial charge >= 0.3 is 6.36 Å². The minimum atomic E-state index is -4.70. The SMILES string of the molecule is Cl.N[C@@H](c1ccc(OC(F)(F)F)cc1)c1ccc2c(c1)Cc1ccccc1-2. The van der Waals surface area contributed by atoms with Crippen LogP contribution in [-0.2, 0) is 6.42 Å². The summed E-state index contributed by atoms with van der Waals surface area (Å²) >= 11 is 0. The van der Waals surface area contributed by atoms with E-state index in [2.05, 4.69) is 29.0 Å². The van der Waals surface area contributed by atoms with E-state index in [1.807, 2.05) is 18.2 Å². The van der Waals surface area contributed by atoms with E-state index < -0.39 is 12.4 Å². The topological polar surface area (TPSA) is 35.2 Å². The first kappa shape index (κ1) is 19.3. The van der Waals surface area contributed by atoms with E-state index in [1.54, 1.807) is 12.1 Å². The fraction of sp³-hybridized carbons (Fsp3) is 0.143. The van der Waals surface area contributed by atoms with Crippen LogP contribution in [0.3, 0.4) is 0 Å². The fourth-order valence-corrected chi connectivity index (χ4v) is 3.43. The predicted octanol–water partition coefficient (Wildman–Crippen LogP) is 5.63. The highest BCUT2D eigenvalue weighted by atomic mass is 35.5. The van der Waals surface area contributed by atoms with Gasteiger partial charge in [0.2, 0.25) is 0 Å². The summed E-state index contributed by atoms with van der Waals surface area (Å²) < 4.78 is 40.7. The van der Waals surface area contributed by atoms with Crippen LogP contribution in [0.25, 0.3) is 11.1 Å². The minimum absolute atomic E-state index is 0. The molecule has 0 saturated heterocycles. The molecule has 0 saturated carbocycles. The van der Waals surface area contributed by atoms with Crippen molar-refractivity contribution in [3.63, 3.8) is 0 Å². The van der Waals surface area contributed by atoms with Gasteiger partial charge in [0.25, 0.3) is 0 Å². The molecule has 0 aliphatic heterocycles. The average Bonchev–Trinajstić information content (AvgIpc) is 2.98. The molecule has 27 heavy (non-hydrogen) atoms. The van der Waals surface area contributed by atoms with Crippen LogP contribution in [0.1, 0.15) is 28.3 Å². The molecule has 0 spiro atoms. The van der Waals surface area contributed by atoms with Gasteiger partial charge in [0, 0.05) is 0 Å².